The van der Waals surface area contributed by atoms with Gasteiger partial charge in [-0.15, -0.1) is 0 Å². The van der Waals surface area contributed by atoms with Crippen molar-refractivity contribution >= 4 is 0 Å². The van der Waals surface area contributed by atoms with Crippen molar-refractivity contribution in [3.8, 4) is 0 Å². The lowest BCUT2D eigenvalue weighted by Crippen LogP contribution is -1.77. The average Bonchev–Trinajstić information content (AvgIpc) is 1.80. The van der Waals surface area contributed by atoms with E-state index in [1.54, 1.807) is 13.0 Å². The van der Waals surface area contributed by atoms with Crippen LogP contribution in [-0.4, -0.2) is 11.7 Å². The zero-order valence-corrected chi connectivity index (χ0v) is 5.63. The van der Waals surface area contributed by atoms with Crippen LogP contribution < -0.4 is 0 Å². The number of hydrogen-bond donors (Lipinski definition) is 1. The first-order valence-corrected chi connectivity index (χ1v) is 2.85. The van der Waals surface area contributed by atoms with Gasteiger partial charge >= 0.3 is 0 Å². The van der Waals surface area contributed by atoms with Crippen LogP contribution >= 0.6 is 0 Å². The Balaban J connectivity index is 3.14. The molecular formula is C7H12O2. The second-order valence-electron chi connectivity index (χ2n) is 1.70. The standard InChI is InChI=1S/C7H12O2/c1-7(2)9-6-4-3-5-8/h4,6,8H,1,3,5H2,2H3. The Bertz CT molecular complexity index is 105. The topological polar surface area (TPSA) is 29.5 Å². The molecule has 0 amide bonds. The summed E-state index contributed by atoms with van der Waals surface area (Å²) >= 11 is 0. The van der Waals surface area contributed by atoms with Gasteiger partial charge < -0.3 is 9.84 Å². The van der Waals surface area contributed by atoms with E-state index in [9.17, 15) is 0 Å². The van der Waals surface area contributed by atoms with Gasteiger partial charge in [-0.05, 0) is 19.4 Å². The number of rotatable bonds is 4. The zero-order chi connectivity index (χ0) is 7.11. The third-order valence-electron chi connectivity index (χ3n) is 0.661. The molecule has 0 aliphatic carbocycles. The molecule has 0 atom stereocenters. The Morgan fingerprint density at radius 1 is 1.78 bits per heavy atom. The lowest BCUT2D eigenvalue weighted by Gasteiger charge is -1.93. The summed E-state index contributed by atoms with van der Waals surface area (Å²) in [5.74, 6) is 0.657. The molecule has 9 heavy (non-hydrogen) atoms. The molecule has 0 aromatic heterocycles. The average molecular weight is 128 g/mol. The van der Waals surface area contributed by atoms with Crippen molar-refractivity contribution in [3.05, 3.63) is 24.7 Å². The number of ether oxygens (including phenoxy) is 1. The van der Waals surface area contributed by atoms with Crippen molar-refractivity contribution in [3.63, 3.8) is 0 Å². The minimum absolute atomic E-state index is 0.163. The van der Waals surface area contributed by atoms with Gasteiger partial charge in [-0.1, -0.05) is 6.58 Å². The maximum Gasteiger partial charge on any atom is 0.0929 e. The van der Waals surface area contributed by atoms with E-state index in [4.69, 9.17) is 9.84 Å². The fraction of sp³-hybridized carbons (Fsp3) is 0.429. The summed E-state index contributed by atoms with van der Waals surface area (Å²) in [6, 6.07) is 0. The van der Waals surface area contributed by atoms with Crippen LogP contribution in [0.3, 0.4) is 0 Å². The fourth-order valence-electron chi connectivity index (χ4n) is 0.307. The lowest BCUT2D eigenvalue weighted by atomic mass is 10.4. The molecule has 0 fully saturated rings. The van der Waals surface area contributed by atoms with Crippen molar-refractivity contribution in [1.29, 1.82) is 0 Å². The number of aliphatic hydroxyl groups is 1. The molecule has 0 aromatic carbocycles. The number of aliphatic hydroxyl groups excluding tert-OH is 1. The molecule has 0 rings (SSSR count). The quantitative estimate of drug-likeness (QED) is 0.580. The highest BCUT2D eigenvalue weighted by molar-refractivity contribution is 4.81. The maximum absolute atomic E-state index is 8.30. The van der Waals surface area contributed by atoms with Crippen molar-refractivity contribution in [2.75, 3.05) is 6.61 Å². The van der Waals surface area contributed by atoms with E-state index in [0.29, 0.717) is 12.2 Å². The van der Waals surface area contributed by atoms with Crippen LogP contribution in [0.2, 0.25) is 0 Å². The highest BCUT2D eigenvalue weighted by Gasteiger charge is 1.76. The van der Waals surface area contributed by atoms with Gasteiger partial charge in [-0.2, -0.15) is 0 Å². The molecule has 2 heteroatoms. The summed E-state index contributed by atoms with van der Waals surface area (Å²) in [4.78, 5) is 0. The van der Waals surface area contributed by atoms with Crippen LogP contribution in [0.5, 0.6) is 0 Å². The van der Waals surface area contributed by atoms with Crippen LogP contribution in [0, 0.1) is 0 Å². The van der Waals surface area contributed by atoms with Gasteiger partial charge in [-0.3, -0.25) is 0 Å². The lowest BCUT2D eigenvalue weighted by molar-refractivity contribution is 0.298. The largest absolute Gasteiger partial charge is 0.471 e. The minimum Gasteiger partial charge on any atom is -0.471 e. The molecule has 0 heterocycles. The molecule has 0 radical (unpaired) electrons. The van der Waals surface area contributed by atoms with E-state index >= 15 is 0 Å². The predicted octanol–water partition coefficient (Wildman–Crippen LogP) is 1.43. The summed E-state index contributed by atoms with van der Waals surface area (Å²) in [5.41, 5.74) is 0. The van der Waals surface area contributed by atoms with E-state index in [2.05, 4.69) is 6.58 Å². The summed E-state index contributed by atoms with van der Waals surface area (Å²) in [6.07, 6.45) is 3.90. The molecule has 1 N–H and O–H groups in total. The van der Waals surface area contributed by atoms with E-state index in [-0.39, 0.29) is 6.61 Å². The summed E-state index contributed by atoms with van der Waals surface area (Å²) in [6.45, 7) is 5.45. The number of hydrogen-bond acceptors (Lipinski definition) is 2. The van der Waals surface area contributed by atoms with Crippen molar-refractivity contribution in [2.45, 2.75) is 13.3 Å². The third kappa shape index (κ3) is 7.24. The maximum atomic E-state index is 8.30. The van der Waals surface area contributed by atoms with Crippen LogP contribution in [0.1, 0.15) is 13.3 Å². The van der Waals surface area contributed by atoms with Gasteiger partial charge in [-0.25, -0.2) is 0 Å². The van der Waals surface area contributed by atoms with Gasteiger partial charge in [0.25, 0.3) is 0 Å². The van der Waals surface area contributed by atoms with Gasteiger partial charge in [0.05, 0.1) is 12.0 Å². The number of allylic oxidation sites excluding steroid dienone is 1. The second-order valence-corrected chi connectivity index (χ2v) is 1.70. The van der Waals surface area contributed by atoms with Crippen molar-refractivity contribution in [2.24, 2.45) is 0 Å². The van der Waals surface area contributed by atoms with Crippen LogP contribution in [0.15, 0.2) is 24.7 Å². The van der Waals surface area contributed by atoms with E-state index in [1.807, 2.05) is 0 Å². The molecule has 52 valence electrons. The van der Waals surface area contributed by atoms with Crippen molar-refractivity contribution < 1.29 is 9.84 Å². The molecular weight excluding hydrogens is 116 g/mol. The SMILES string of the molecule is C=C(C)OC=CCCO. The smallest absolute Gasteiger partial charge is 0.0929 e. The van der Waals surface area contributed by atoms with Crippen LogP contribution in [-0.2, 0) is 4.74 Å². The minimum atomic E-state index is 0.163. The summed E-state index contributed by atoms with van der Waals surface area (Å²) in [7, 11) is 0. The van der Waals surface area contributed by atoms with Crippen LogP contribution in [0.4, 0.5) is 0 Å². The van der Waals surface area contributed by atoms with Gasteiger partial charge in [0.15, 0.2) is 0 Å². The monoisotopic (exact) mass is 128 g/mol. The molecule has 0 bridgehead atoms. The Kier molecular flexibility index (Phi) is 4.92. The molecule has 0 aliphatic heterocycles. The summed E-state index contributed by atoms with van der Waals surface area (Å²) in [5, 5.41) is 8.30. The molecule has 0 aliphatic rings. The fourth-order valence-corrected chi connectivity index (χ4v) is 0.307. The highest BCUT2D eigenvalue weighted by Crippen LogP contribution is 1.91. The zero-order valence-electron chi connectivity index (χ0n) is 5.63. The van der Waals surface area contributed by atoms with E-state index in [1.165, 1.54) is 6.26 Å². The molecule has 0 spiro atoms. The molecule has 0 saturated carbocycles. The Morgan fingerprint density at radius 3 is 2.89 bits per heavy atom. The Morgan fingerprint density at radius 2 is 2.44 bits per heavy atom. The Hall–Kier alpha value is -0.760. The normalized spacial score (nSPS) is 10.0. The first kappa shape index (κ1) is 8.24. The predicted molar refractivity (Wildman–Crippen MR) is 36.7 cm³/mol. The van der Waals surface area contributed by atoms with E-state index < -0.39 is 0 Å². The van der Waals surface area contributed by atoms with E-state index in [0.717, 1.165) is 0 Å². The summed E-state index contributed by atoms with van der Waals surface area (Å²) < 4.78 is 4.86. The Labute approximate surface area is 55.5 Å². The highest BCUT2D eigenvalue weighted by atomic mass is 16.5. The first-order valence-electron chi connectivity index (χ1n) is 2.85. The van der Waals surface area contributed by atoms with Crippen molar-refractivity contribution in [1.82, 2.24) is 0 Å². The molecule has 0 unspecified atom stereocenters. The first-order chi connectivity index (χ1) is 4.27. The molecule has 0 saturated heterocycles. The van der Waals surface area contributed by atoms with Crippen LogP contribution in [0.25, 0.3) is 0 Å². The second kappa shape index (κ2) is 5.38. The van der Waals surface area contributed by atoms with Gasteiger partial charge in [0.2, 0.25) is 0 Å². The van der Waals surface area contributed by atoms with Gasteiger partial charge in [0, 0.05) is 6.61 Å². The van der Waals surface area contributed by atoms with Gasteiger partial charge in [0.1, 0.15) is 0 Å². The third-order valence-corrected chi connectivity index (χ3v) is 0.661. The molecule has 2 nitrogen and oxygen atoms in total. The molecule has 0 aromatic rings.